The van der Waals surface area contributed by atoms with E-state index in [4.69, 9.17) is 9.47 Å². The highest BCUT2D eigenvalue weighted by atomic mass is 16.6. The fourth-order valence-electron chi connectivity index (χ4n) is 2.02. The van der Waals surface area contributed by atoms with Gasteiger partial charge in [0.1, 0.15) is 13.2 Å². The zero-order valence-corrected chi connectivity index (χ0v) is 11.1. The molecule has 1 aromatic carbocycles. The number of aromatic amines is 1. The highest BCUT2D eigenvalue weighted by molar-refractivity contribution is 5.81. The molecule has 20 heavy (non-hydrogen) atoms. The number of rotatable bonds is 4. The SMILES string of the molecule is COC(=O)CCNc1nc2cc3c(cc2[nH]1)OCCO3. The number of imidazole rings is 1. The molecule has 0 bridgehead atoms. The van der Waals surface area contributed by atoms with Gasteiger partial charge in [-0.2, -0.15) is 0 Å². The van der Waals surface area contributed by atoms with Gasteiger partial charge >= 0.3 is 5.97 Å². The molecule has 0 fully saturated rings. The van der Waals surface area contributed by atoms with E-state index in [0.717, 1.165) is 11.0 Å². The first-order chi connectivity index (χ1) is 9.76. The highest BCUT2D eigenvalue weighted by Crippen LogP contribution is 2.34. The summed E-state index contributed by atoms with van der Waals surface area (Å²) in [6, 6.07) is 3.70. The second kappa shape index (κ2) is 5.28. The van der Waals surface area contributed by atoms with Gasteiger partial charge in [0.15, 0.2) is 11.5 Å². The molecule has 0 saturated heterocycles. The third kappa shape index (κ3) is 2.47. The number of fused-ring (bicyclic) bond motifs is 2. The minimum Gasteiger partial charge on any atom is -0.486 e. The number of anilines is 1. The van der Waals surface area contributed by atoms with Crippen molar-refractivity contribution < 1.29 is 19.0 Å². The maximum atomic E-state index is 11.0. The molecule has 2 N–H and O–H groups in total. The molecule has 1 aromatic heterocycles. The maximum Gasteiger partial charge on any atom is 0.307 e. The summed E-state index contributed by atoms with van der Waals surface area (Å²) in [5.74, 6) is 1.77. The smallest absolute Gasteiger partial charge is 0.307 e. The van der Waals surface area contributed by atoms with Crippen LogP contribution in [0.1, 0.15) is 6.42 Å². The molecule has 0 unspecified atom stereocenters. The number of carbonyl (C=O) groups is 1. The van der Waals surface area contributed by atoms with E-state index in [1.807, 2.05) is 12.1 Å². The second-order valence-electron chi connectivity index (χ2n) is 4.35. The van der Waals surface area contributed by atoms with Crippen molar-refractivity contribution in [2.24, 2.45) is 0 Å². The molecule has 106 valence electrons. The summed E-state index contributed by atoms with van der Waals surface area (Å²) >= 11 is 0. The number of methoxy groups -OCH3 is 1. The number of benzene rings is 1. The zero-order chi connectivity index (χ0) is 13.9. The van der Waals surface area contributed by atoms with Gasteiger partial charge in [-0.3, -0.25) is 4.79 Å². The summed E-state index contributed by atoms with van der Waals surface area (Å²) in [5.41, 5.74) is 1.64. The third-order valence-electron chi connectivity index (χ3n) is 3.00. The van der Waals surface area contributed by atoms with Crippen LogP contribution < -0.4 is 14.8 Å². The summed E-state index contributed by atoms with van der Waals surface area (Å²) in [7, 11) is 1.37. The largest absolute Gasteiger partial charge is 0.486 e. The molecule has 0 atom stereocenters. The summed E-state index contributed by atoms with van der Waals surface area (Å²) in [5, 5.41) is 3.04. The van der Waals surface area contributed by atoms with Gasteiger partial charge in [0.2, 0.25) is 5.95 Å². The van der Waals surface area contributed by atoms with Gasteiger partial charge < -0.3 is 24.5 Å². The second-order valence-corrected chi connectivity index (χ2v) is 4.35. The average Bonchev–Trinajstić information content (AvgIpc) is 2.86. The van der Waals surface area contributed by atoms with Crippen molar-refractivity contribution in [2.75, 3.05) is 32.2 Å². The van der Waals surface area contributed by atoms with Crippen molar-refractivity contribution in [3.8, 4) is 11.5 Å². The molecule has 0 aliphatic carbocycles. The van der Waals surface area contributed by atoms with Crippen LogP contribution in [-0.2, 0) is 9.53 Å². The quantitative estimate of drug-likeness (QED) is 0.820. The Morgan fingerprint density at radius 1 is 1.40 bits per heavy atom. The van der Waals surface area contributed by atoms with Crippen LogP contribution in [-0.4, -0.2) is 42.8 Å². The average molecular weight is 277 g/mol. The Morgan fingerprint density at radius 3 is 2.90 bits per heavy atom. The Bertz CT molecular complexity index is 595. The number of ether oxygens (including phenoxy) is 3. The lowest BCUT2D eigenvalue weighted by atomic mass is 10.2. The fourth-order valence-corrected chi connectivity index (χ4v) is 2.02. The van der Waals surface area contributed by atoms with Crippen LogP contribution in [0.25, 0.3) is 11.0 Å². The number of hydrogen-bond acceptors (Lipinski definition) is 6. The molecular weight excluding hydrogens is 262 g/mol. The first-order valence-electron chi connectivity index (χ1n) is 6.36. The molecule has 0 amide bonds. The lowest BCUT2D eigenvalue weighted by Crippen LogP contribution is -2.15. The first kappa shape index (κ1) is 12.6. The van der Waals surface area contributed by atoms with Crippen molar-refractivity contribution >= 4 is 23.0 Å². The molecule has 1 aliphatic heterocycles. The van der Waals surface area contributed by atoms with E-state index in [1.165, 1.54) is 7.11 Å². The van der Waals surface area contributed by atoms with Crippen molar-refractivity contribution in [1.29, 1.82) is 0 Å². The van der Waals surface area contributed by atoms with Gasteiger partial charge in [-0.15, -0.1) is 0 Å². The van der Waals surface area contributed by atoms with Crippen molar-refractivity contribution in [3.05, 3.63) is 12.1 Å². The Kier molecular flexibility index (Phi) is 3.32. The topological polar surface area (TPSA) is 85.5 Å². The molecule has 7 heteroatoms. The van der Waals surface area contributed by atoms with Crippen LogP contribution in [0.15, 0.2) is 12.1 Å². The third-order valence-corrected chi connectivity index (χ3v) is 3.00. The van der Waals surface area contributed by atoms with Gasteiger partial charge in [0.25, 0.3) is 0 Å². The summed E-state index contributed by atoms with van der Waals surface area (Å²) < 4.78 is 15.6. The van der Waals surface area contributed by atoms with Gasteiger partial charge in [-0.1, -0.05) is 0 Å². The van der Waals surface area contributed by atoms with Gasteiger partial charge in [-0.05, 0) is 0 Å². The van der Waals surface area contributed by atoms with Crippen molar-refractivity contribution in [3.63, 3.8) is 0 Å². The van der Waals surface area contributed by atoms with E-state index in [2.05, 4.69) is 20.0 Å². The van der Waals surface area contributed by atoms with Crippen LogP contribution in [0.5, 0.6) is 11.5 Å². The molecule has 0 spiro atoms. The van der Waals surface area contributed by atoms with Gasteiger partial charge in [0.05, 0.1) is 24.6 Å². The summed E-state index contributed by atoms with van der Waals surface area (Å²) in [6.07, 6.45) is 0.288. The minimum atomic E-state index is -0.258. The van der Waals surface area contributed by atoms with E-state index >= 15 is 0 Å². The molecule has 1 aliphatic rings. The predicted molar refractivity (Wildman–Crippen MR) is 72.2 cm³/mol. The number of nitrogens with one attached hydrogen (secondary N) is 2. The fraction of sp³-hybridized carbons (Fsp3) is 0.385. The lowest BCUT2D eigenvalue weighted by molar-refractivity contribution is -0.140. The van der Waals surface area contributed by atoms with E-state index < -0.39 is 0 Å². The molecule has 7 nitrogen and oxygen atoms in total. The number of esters is 1. The maximum absolute atomic E-state index is 11.0. The number of carbonyl (C=O) groups excluding carboxylic acids is 1. The van der Waals surface area contributed by atoms with E-state index in [-0.39, 0.29) is 12.4 Å². The Balaban J connectivity index is 1.75. The van der Waals surface area contributed by atoms with Crippen LogP contribution in [0.4, 0.5) is 5.95 Å². The number of nitrogens with zero attached hydrogens (tertiary/aromatic N) is 1. The van der Waals surface area contributed by atoms with Crippen LogP contribution in [0.2, 0.25) is 0 Å². The molecular formula is C13H15N3O4. The van der Waals surface area contributed by atoms with E-state index in [1.54, 1.807) is 0 Å². The van der Waals surface area contributed by atoms with E-state index in [9.17, 15) is 4.79 Å². The highest BCUT2D eigenvalue weighted by Gasteiger charge is 2.14. The number of aromatic nitrogens is 2. The Labute approximate surface area is 115 Å². The summed E-state index contributed by atoms with van der Waals surface area (Å²) in [6.45, 7) is 1.56. The molecule has 2 heterocycles. The van der Waals surface area contributed by atoms with E-state index in [0.29, 0.717) is 37.2 Å². The number of H-pyrrole nitrogens is 1. The Morgan fingerprint density at radius 2 is 2.15 bits per heavy atom. The van der Waals surface area contributed by atoms with Crippen molar-refractivity contribution in [2.45, 2.75) is 6.42 Å². The van der Waals surface area contributed by atoms with Crippen LogP contribution in [0.3, 0.4) is 0 Å². The lowest BCUT2D eigenvalue weighted by Gasteiger charge is -2.17. The standard InChI is InChI=1S/C13H15N3O4/c1-18-12(17)2-3-14-13-15-8-6-10-11(7-9(8)16-13)20-5-4-19-10/h6-7H,2-5H2,1H3,(H2,14,15,16). The zero-order valence-electron chi connectivity index (χ0n) is 11.1. The monoisotopic (exact) mass is 277 g/mol. The van der Waals surface area contributed by atoms with Crippen LogP contribution in [0, 0.1) is 0 Å². The van der Waals surface area contributed by atoms with Crippen LogP contribution >= 0.6 is 0 Å². The predicted octanol–water partition coefficient (Wildman–Crippen LogP) is 1.31. The normalized spacial score (nSPS) is 13.2. The van der Waals surface area contributed by atoms with Gasteiger partial charge in [-0.25, -0.2) is 4.98 Å². The molecule has 0 radical (unpaired) electrons. The molecule has 0 saturated carbocycles. The van der Waals surface area contributed by atoms with Gasteiger partial charge in [0, 0.05) is 18.7 Å². The molecule has 2 aromatic rings. The minimum absolute atomic E-state index is 0.258. The Hall–Kier alpha value is -2.44. The summed E-state index contributed by atoms with van der Waals surface area (Å²) in [4.78, 5) is 18.5. The number of hydrogen-bond donors (Lipinski definition) is 2. The first-order valence-corrected chi connectivity index (χ1v) is 6.36. The molecule has 3 rings (SSSR count). The van der Waals surface area contributed by atoms with Crippen molar-refractivity contribution in [1.82, 2.24) is 9.97 Å².